The molecular weight excluding hydrogens is 291 g/mol. The highest BCUT2D eigenvalue weighted by Crippen LogP contribution is 2.44. The van der Waals surface area contributed by atoms with Crippen molar-refractivity contribution in [2.24, 2.45) is 16.6 Å². The van der Waals surface area contributed by atoms with Crippen molar-refractivity contribution in [2.75, 3.05) is 13.7 Å². The summed E-state index contributed by atoms with van der Waals surface area (Å²) in [5, 5.41) is 0. The Morgan fingerprint density at radius 1 is 1.55 bits per heavy atom. The molecule has 0 aromatic carbocycles. The molecule has 118 valence electrons. The number of aromatic amines is 1. The summed E-state index contributed by atoms with van der Waals surface area (Å²) < 4.78 is 19.9. The first-order chi connectivity index (χ1) is 10.3. The van der Waals surface area contributed by atoms with Gasteiger partial charge in [-0.1, -0.05) is 0 Å². The number of aromatic nitrogens is 1. The Hall–Kier alpha value is -2.22. The van der Waals surface area contributed by atoms with E-state index in [1.807, 2.05) is 6.92 Å². The fourth-order valence-electron chi connectivity index (χ4n) is 3.12. The van der Waals surface area contributed by atoms with Crippen molar-refractivity contribution in [1.29, 1.82) is 0 Å². The number of hydrogen-bond acceptors (Lipinski definition) is 5. The van der Waals surface area contributed by atoms with Gasteiger partial charge in [-0.25, -0.2) is 9.38 Å². The maximum atomic E-state index is 14.3. The van der Waals surface area contributed by atoms with E-state index < -0.39 is 22.8 Å². The first-order valence-electron chi connectivity index (χ1n) is 6.98. The number of guanidine groups is 1. The molecule has 1 aromatic heterocycles. The third-order valence-electron chi connectivity index (χ3n) is 4.36. The number of amides is 1. The number of pyridine rings is 1. The summed E-state index contributed by atoms with van der Waals surface area (Å²) in [6.45, 7) is 1.84. The minimum absolute atomic E-state index is 0.000509. The van der Waals surface area contributed by atoms with E-state index in [-0.39, 0.29) is 30.1 Å². The minimum Gasteiger partial charge on any atom is -0.376 e. The average Bonchev–Trinajstić information content (AvgIpc) is 2.49. The van der Waals surface area contributed by atoms with Crippen LogP contribution in [0.5, 0.6) is 0 Å². The van der Waals surface area contributed by atoms with Gasteiger partial charge in [0.05, 0.1) is 18.6 Å². The van der Waals surface area contributed by atoms with Crippen LogP contribution in [0.4, 0.5) is 4.39 Å². The number of rotatable bonds is 1. The Balaban J connectivity index is 2.24. The van der Waals surface area contributed by atoms with E-state index in [1.54, 1.807) is 0 Å². The molecule has 0 unspecified atom stereocenters. The molecule has 0 saturated carbocycles. The quantitative estimate of drug-likeness (QED) is 0.758. The number of halogens is 1. The van der Waals surface area contributed by atoms with Gasteiger partial charge in [0.15, 0.2) is 5.96 Å². The molecule has 3 N–H and O–H groups in total. The Kier molecular flexibility index (Phi) is 3.28. The molecule has 3 atom stereocenters. The van der Waals surface area contributed by atoms with Gasteiger partial charge in [-0.2, -0.15) is 0 Å². The topological polar surface area (TPSA) is 101 Å². The van der Waals surface area contributed by atoms with Crippen LogP contribution in [0.1, 0.15) is 18.9 Å². The Bertz CT molecular complexity index is 716. The van der Waals surface area contributed by atoms with Crippen molar-refractivity contribution >= 4 is 11.9 Å². The lowest BCUT2D eigenvalue weighted by Gasteiger charge is -2.46. The van der Waals surface area contributed by atoms with Crippen LogP contribution in [0.25, 0.3) is 0 Å². The molecule has 3 heterocycles. The molecule has 8 heteroatoms. The fraction of sp³-hybridized carbons (Fsp3) is 0.500. The zero-order valence-corrected chi connectivity index (χ0v) is 12.3. The zero-order chi connectivity index (χ0) is 16.1. The van der Waals surface area contributed by atoms with Gasteiger partial charge in [-0.3, -0.25) is 14.5 Å². The van der Waals surface area contributed by atoms with Crippen LogP contribution in [-0.4, -0.2) is 41.5 Å². The largest absolute Gasteiger partial charge is 0.376 e. The molecule has 1 amide bonds. The molecule has 1 saturated heterocycles. The monoisotopic (exact) mass is 308 g/mol. The van der Waals surface area contributed by atoms with E-state index in [4.69, 9.17) is 10.5 Å². The lowest BCUT2D eigenvalue weighted by atomic mass is 9.73. The van der Waals surface area contributed by atoms with Crippen LogP contribution >= 0.6 is 0 Å². The predicted molar refractivity (Wildman–Crippen MR) is 76.6 cm³/mol. The molecule has 1 fully saturated rings. The van der Waals surface area contributed by atoms with Crippen LogP contribution in [0, 0.1) is 11.7 Å². The van der Waals surface area contributed by atoms with Gasteiger partial charge in [-0.05, 0) is 13.3 Å². The van der Waals surface area contributed by atoms with Crippen LogP contribution in [0.2, 0.25) is 0 Å². The number of aliphatic imine (C=N–C) groups is 1. The number of carbonyl (C=O) groups is 1. The van der Waals surface area contributed by atoms with E-state index in [2.05, 4.69) is 9.98 Å². The molecule has 0 spiro atoms. The van der Waals surface area contributed by atoms with Gasteiger partial charge < -0.3 is 15.5 Å². The number of H-pyrrole nitrogens is 1. The summed E-state index contributed by atoms with van der Waals surface area (Å²) in [6.07, 6.45) is 1.19. The summed E-state index contributed by atoms with van der Waals surface area (Å²) in [4.78, 5) is 32.1. The molecule has 1 aromatic rings. The third kappa shape index (κ3) is 2.02. The van der Waals surface area contributed by atoms with Gasteiger partial charge in [0, 0.05) is 24.9 Å². The van der Waals surface area contributed by atoms with Crippen molar-refractivity contribution in [3.63, 3.8) is 0 Å². The first kappa shape index (κ1) is 14.7. The van der Waals surface area contributed by atoms with E-state index in [0.717, 1.165) is 12.3 Å². The maximum Gasteiger partial charge on any atom is 0.248 e. The molecule has 7 nitrogen and oxygen atoms in total. The van der Waals surface area contributed by atoms with Crippen molar-refractivity contribution < 1.29 is 13.9 Å². The Morgan fingerprint density at radius 2 is 2.27 bits per heavy atom. The normalized spacial score (nSPS) is 31.7. The standard InChI is InChI=1S/C14H17FN4O3/c1-7-3-9-12(21)19(2)13(16)18-14(9,6-22-7)8-4-11(20)17-5-10(8)15/h4-5,7,9H,3,6H2,1-2H3,(H2,16,18)(H,17,20)/t7-,9-,14+/m0/s1. The van der Waals surface area contributed by atoms with E-state index >= 15 is 0 Å². The lowest BCUT2D eigenvalue weighted by molar-refractivity contribution is -0.144. The number of hydrogen-bond donors (Lipinski definition) is 2. The van der Waals surface area contributed by atoms with Gasteiger partial charge in [0.2, 0.25) is 11.5 Å². The molecule has 2 aliphatic heterocycles. The van der Waals surface area contributed by atoms with Crippen LogP contribution in [-0.2, 0) is 15.1 Å². The number of nitrogens with one attached hydrogen (secondary N) is 1. The summed E-state index contributed by atoms with van der Waals surface area (Å²) in [6, 6.07) is 1.12. The van der Waals surface area contributed by atoms with Gasteiger partial charge in [-0.15, -0.1) is 0 Å². The van der Waals surface area contributed by atoms with E-state index in [0.29, 0.717) is 6.42 Å². The molecule has 22 heavy (non-hydrogen) atoms. The van der Waals surface area contributed by atoms with E-state index in [1.165, 1.54) is 11.9 Å². The average molecular weight is 308 g/mol. The van der Waals surface area contributed by atoms with Crippen LogP contribution < -0.4 is 11.3 Å². The summed E-state index contributed by atoms with van der Waals surface area (Å²) in [5.74, 6) is -1.53. The van der Waals surface area contributed by atoms with E-state index in [9.17, 15) is 14.0 Å². The molecular formula is C14H17FN4O3. The Morgan fingerprint density at radius 3 is 3.00 bits per heavy atom. The van der Waals surface area contributed by atoms with Gasteiger partial charge >= 0.3 is 0 Å². The second-order valence-corrected chi connectivity index (χ2v) is 5.76. The zero-order valence-electron chi connectivity index (χ0n) is 12.3. The van der Waals surface area contributed by atoms with Crippen LogP contribution in [0.15, 0.2) is 22.1 Å². The number of fused-ring (bicyclic) bond motifs is 1. The number of nitrogens with two attached hydrogens (primary N) is 1. The van der Waals surface area contributed by atoms with Crippen molar-refractivity contribution in [3.8, 4) is 0 Å². The Labute approximate surface area is 126 Å². The predicted octanol–water partition coefficient (Wildman–Crippen LogP) is -0.0790. The number of nitrogens with zero attached hydrogens (tertiary/aromatic N) is 2. The molecule has 0 bridgehead atoms. The second kappa shape index (κ2) is 4.91. The fourth-order valence-corrected chi connectivity index (χ4v) is 3.12. The van der Waals surface area contributed by atoms with Crippen LogP contribution in [0.3, 0.4) is 0 Å². The summed E-state index contributed by atoms with van der Waals surface area (Å²) in [5.41, 5.74) is 4.09. The highest BCUT2D eigenvalue weighted by molar-refractivity contribution is 6.00. The highest BCUT2D eigenvalue weighted by Gasteiger charge is 2.54. The third-order valence-corrected chi connectivity index (χ3v) is 4.36. The molecule has 0 radical (unpaired) electrons. The minimum atomic E-state index is -1.29. The number of carbonyl (C=O) groups excluding carboxylic acids is 1. The van der Waals surface area contributed by atoms with Crippen molar-refractivity contribution in [3.05, 3.63) is 34.0 Å². The van der Waals surface area contributed by atoms with Gasteiger partial charge in [0.25, 0.3) is 0 Å². The smallest absolute Gasteiger partial charge is 0.248 e. The second-order valence-electron chi connectivity index (χ2n) is 5.76. The van der Waals surface area contributed by atoms with Crippen molar-refractivity contribution in [2.45, 2.75) is 25.0 Å². The molecule has 2 aliphatic rings. The maximum absolute atomic E-state index is 14.3. The summed E-state index contributed by atoms with van der Waals surface area (Å²) in [7, 11) is 1.53. The SMILES string of the molecule is C[C@H]1C[C@H]2C(=O)N(C)C(N)=N[C@@]2(c2cc(=O)[nH]cc2F)CO1. The lowest BCUT2D eigenvalue weighted by Crippen LogP contribution is -2.59. The molecule has 3 rings (SSSR count). The van der Waals surface area contributed by atoms with Gasteiger partial charge in [0.1, 0.15) is 11.4 Å². The highest BCUT2D eigenvalue weighted by atomic mass is 19.1. The number of ether oxygens (including phenoxy) is 1. The van der Waals surface area contributed by atoms with Crippen molar-refractivity contribution in [1.82, 2.24) is 9.88 Å². The first-order valence-corrected chi connectivity index (χ1v) is 6.98. The molecule has 0 aliphatic carbocycles. The summed E-state index contributed by atoms with van der Waals surface area (Å²) >= 11 is 0.